The third kappa shape index (κ3) is 3.16. The van der Waals surface area contributed by atoms with Crippen molar-refractivity contribution in [3.8, 4) is 11.5 Å². The Kier molecular flexibility index (Phi) is 4.36. The van der Waals surface area contributed by atoms with Crippen LogP contribution in [0.15, 0.2) is 18.2 Å². The van der Waals surface area contributed by atoms with Gasteiger partial charge >= 0.3 is 0 Å². The Labute approximate surface area is 127 Å². The van der Waals surface area contributed by atoms with Gasteiger partial charge in [0.2, 0.25) is 0 Å². The maximum absolute atomic E-state index is 10.3. The molecular formula is C17H26N2O2. The molecule has 2 N–H and O–H groups in total. The smallest absolute Gasteiger partial charge is 0.162 e. The number of aromatic hydroxyl groups is 1. The normalized spacial score (nSPS) is 28.0. The van der Waals surface area contributed by atoms with E-state index < -0.39 is 0 Å². The molecule has 2 atom stereocenters. The third-order valence-corrected chi connectivity index (χ3v) is 4.87. The summed E-state index contributed by atoms with van der Waals surface area (Å²) in [4.78, 5) is 2.39. The number of nitrogens with zero attached hydrogens (tertiary/aromatic N) is 1. The number of hydrogen-bond donors (Lipinski definition) is 2. The second-order valence-electron chi connectivity index (χ2n) is 6.38. The molecule has 0 amide bonds. The predicted molar refractivity (Wildman–Crippen MR) is 83.7 cm³/mol. The van der Waals surface area contributed by atoms with E-state index in [4.69, 9.17) is 4.74 Å². The van der Waals surface area contributed by atoms with Crippen molar-refractivity contribution >= 4 is 0 Å². The van der Waals surface area contributed by atoms with Crippen molar-refractivity contribution in [2.45, 2.75) is 57.3 Å². The molecule has 2 saturated heterocycles. The molecule has 1 aromatic rings. The Morgan fingerprint density at radius 3 is 2.67 bits per heavy atom. The van der Waals surface area contributed by atoms with Crippen LogP contribution in [0.1, 0.15) is 38.2 Å². The number of para-hydroxylation sites is 1. The van der Waals surface area contributed by atoms with E-state index in [1.807, 2.05) is 25.1 Å². The summed E-state index contributed by atoms with van der Waals surface area (Å²) in [6, 6.07) is 7.77. The van der Waals surface area contributed by atoms with Gasteiger partial charge in [0.15, 0.2) is 11.5 Å². The van der Waals surface area contributed by atoms with E-state index in [0.717, 1.165) is 12.1 Å². The van der Waals surface area contributed by atoms with Crippen LogP contribution in [0.5, 0.6) is 11.5 Å². The fraction of sp³-hybridized carbons (Fsp3) is 0.647. The van der Waals surface area contributed by atoms with Gasteiger partial charge in [-0.25, -0.2) is 0 Å². The first kappa shape index (κ1) is 14.7. The average molecular weight is 290 g/mol. The summed E-state index contributed by atoms with van der Waals surface area (Å²) in [5.41, 5.74) is 0.953. The highest BCUT2D eigenvalue weighted by Gasteiger charge is 2.35. The van der Waals surface area contributed by atoms with Gasteiger partial charge in [-0.1, -0.05) is 12.1 Å². The second-order valence-corrected chi connectivity index (χ2v) is 6.38. The molecule has 1 aromatic carbocycles. The van der Waals surface area contributed by atoms with Gasteiger partial charge in [0, 0.05) is 30.2 Å². The number of phenols is 1. The molecule has 116 valence electrons. The standard InChI is InChI=1S/C17H26N2O2/c1-3-21-16-6-4-5-12(17(16)20)11-19(2)15-9-13-7-8-14(10-15)18-13/h4-6,13-15,18,20H,3,7-11H2,1-2H3. The molecule has 21 heavy (non-hydrogen) atoms. The summed E-state index contributed by atoms with van der Waals surface area (Å²) in [7, 11) is 2.17. The maximum Gasteiger partial charge on any atom is 0.162 e. The van der Waals surface area contributed by atoms with E-state index in [0.29, 0.717) is 36.2 Å². The van der Waals surface area contributed by atoms with Gasteiger partial charge in [-0.15, -0.1) is 0 Å². The fourth-order valence-electron chi connectivity index (χ4n) is 3.75. The second kappa shape index (κ2) is 6.24. The molecule has 2 aliphatic rings. The predicted octanol–water partition coefficient (Wildman–Crippen LogP) is 2.51. The quantitative estimate of drug-likeness (QED) is 0.874. The van der Waals surface area contributed by atoms with Gasteiger partial charge in [-0.05, 0) is 45.7 Å². The number of nitrogens with one attached hydrogen (secondary N) is 1. The van der Waals surface area contributed by atoms with Crippen LogP contribution in [0.3, 0.4) is 0 Å². The zero-order chi connectivity index (χ0) is 14.8. The zero-order valence-corrected chi connectivity index (χ0v) is 13.0. The number of fused-ring (bicyclic) bond motifs is 2. The SMILES string of the molecule is CCOc1cccc(CN(C)C2CC3CCC(C2)N3)c1O. The molecule has 0 radical (unpaired) electrons. The van der Waals surface area contributed by atoms with Gasteiger partial charge in [-0.2, -0.15) is 0 Å². The minimum Gasteiger partial charge on any atom is -0.504 e. The summed E-state index contributed by atoms with van der Waals surface area (Å²) in [6.07, 6.45) is 5.08. The van der Waals surface area contributed by atoms with Crippen LogP contribution in [0.4, 0.5) is 0 Å². The van der Waals surface area contributed by atoms with Crippen LogP contribution in [0.2, 0.25) is 0 Å². The molecule has 0 aliphatic carbocycles. The van der Waals surface area contributed by atoms with Gasteiger partial charge in [0.05, 0.1) is 6.61 Å². The van der Waals surface area contributed by atoms with Crippen molar-refractivity contribution in [1.29, 1.82) is 0 Å². The molecule has 2 unspecified atom stereocenters. The topological polar surface area (TPSA) is 44.7 Å². The highest BCUT2D eigenvalue weighted by Crippen LogP contribution is 2.33. The molecule has 0 spiro atoms. The molecule has 2 fully saturated rings. The number of hydrogen-bond acceptors (Lipinski definition) is 4. The summed E-state index contributed by atoms with van der Waals surface area (Å²) < 4.78 is 5.47. The highest BCUT2D eigenvalue weighted by molar-refractivity contribution is 5.45. The van der Waals surface area contributed by atoms with Crippen molar-refractivity contribution in [1.82, 2.24) is 10.2 Å². The summed E-state index contributed by atoms with van der Waals surface area (Å²) in [5, 5.41) is 14.0. The van der Waals surface area contributed by atoms with Gasteiger partial charge < -0.3 is 15.2 Å². The first-order chi connectivity index (χ1) is 10.2. The molecule has 2 heterocycles. The molecule has 2 aliphatic heterocycles. The van der Waals surface area contributed by atoms with Crippen LogP contribution in [-0.4, -0.2) is 41.8 Å². The first-order valence-electron chi connectivity index (χ1n) is 8.07. The Morgan fingerprint density at radius 2 is 2.00 bits per heavy atom. The number of ether oxygens (including phenoxy) is 1. The first-order valence-corrected chi connectivity index (χ1v) is 8.07. The van der Waals surface area contributed by atoms with Crippen LogP contribution in [0, 0.1) is 0 Å². The largest absolute Gasteiger partial charge is 0.504 e. The third-order valence-electron chi connectivity index (χ3n) is 4.87. The van der Waals surface area contributed by atoms with E-state index >= 15 is 0 Å². The highest BCUT2D eigenvalue weighted by atomic mass is 16.5. The Morgan fingerprint density at radius 1 is 1.29 bits per heavy atom. The van der Waals surface area contributed by atoms with Crippen LogP contribution >= 0.6 is 0 Å². The van der Waals surface area contributed by atoms with Gasteiger partial charge in [0.1, 0.15) is 0 Å². The lowest BCUT2D eigenvalue weighted by atomic mass is 9.98. The Hall–Kier alpha value is -1.26. The molecular weight excluding hydrogens is 264 g/mol. The number of piperidine rings is 1. The monoisotopic (exact) mass is 290 g/mol. The maximum atomic E-state index is 10.3. The molecule has 4 nitrogen and oxygen atoms in total. The van der Waals surface area contributed by atoms with Crippen molar-refractivity contribution in [3.63, 3.8) is 0 Å². The minimum absolute atomic E-state index is 0.295. The van der Waals surface area contributed by atoms with Crippen molar-refractivity contribution < 1.29 is 9.84 Å². The minimum atomic E-state index is 0.295. The van der Waals surface area contributed by atoms with E-state index in [1.165, 1.54) is 25.7 Å². The van der Waals surface area contributed by atoms with E-state index in [1.54, 1.807) is 0 Å². The molecule has 3 rings (SSSR count). The zero-order valence-electron chi connectivity index (χ0n) is 13.0. The summed E-state index contributed by atoms with van der Waals surface area (Å²) in [5.74, 6) is 0.886. The number of phenolic OH excluding ortho intramolecular Hbond substituents is 1. The molecule has 0 aromatic heterocycles. The van der Waals surface area contributed by atoms with Gasteiger partial charge in [0.25, 0.3) is 0 Å². The number of rotatable bonds is 5. The van der Waals surface area contributed by atoms with E-state index in [9.17, 15) is 5.11 Å². The lowest BCUT2D eigenvalue weighted by Crippen LogP contribution is -2.46. The van der Waals surface area contributed by atoms with Gasteiger partial charge in [-0.3, -0.25) is 4.90 Å². The van der Waals surface area contributed by atoms with Crippen LogP contribution < -0.4 is 10.1 Å². The Bertz CT molecular complexity index is 480. The van der Waals surface area contributed by atoms with E-state index in [2.05, 4.69) is 17.3 Å². The average Bonchev–Trinajstić information content (AvgIpc) is 2.82. The van der Waals surface area contributed by atoms with Crippen molar-refractivity contribution in [2.75, 3.05) is 13.7 Å². The lowest BCUT2D eigenvalue weighted by molar-refractivity contribution is 0.164. The fourth-order valence-corrected chi connectivity index (χ4v) is 3.75. The van der Waals surface area contributed by atoms with Crippen LogP contribution in [0.25, 0.3) is 0 Å². The van der Waals surface area contributed by atoms with Crippen molar-refractivity contribution in [2.24, 2.45) is 0 Å². The molecule has 4 heteroatoms. The number of benzene rings is 1. The van der Waals surface area contributed by atoms with Crippen molar-refractivity contribution in [3.05, 3.63) is 23.8 Å². The summed E-state index contributed by atoms with van der Waals surface area (Å²) in [6.45, 7) is 3.28. The lowest BCUT2D eigenvalue weighted by Gasteiger charge is -2.35. The van der Waals surface area contributed by atoms with E-state index in [-0.39, 0.29) is 0 Å². The summed E-state index contributed by atoms with van der Waals surface area (Å²) >= 11 is 0. The molecule has 0 saturated carbocycles. The molecule has 2 bridgehead atoms. The van der Waals surface area contributed by atoms with Crippen LogP contribution in [-0.2, 0) is 6.54 Å². The Balaban J connectivity index is 1.67.